The zero-order valence-corrected chi connectivity index (χ0v) is 11.9. The van der Waals surface area contributed by atoms with E-state index >= 15 is 0 Å². The summed E-state index contributed by atoms with van der Waals surface area (Å²) in [7, 11) is 0. The minimum Gasteiger partial charge on any atom is -0.192 e. The van der Waals surface area contributed by atoms with Crippen molar-refractivity contribution in [2.45, 2.75) is 26.7 Å². The molecule has 2 heteroatoms. The van der Waals surface area contributed by atoms with Gasteiger partial charge in [-0.2, -0.15) is 10.5 Å². The van der Waals surface area contributed by atoms with Gasteiger partial charge in [-0.25, -0.2) is 0 Å². The molecule has 0 spiro atoms. The van der Waals surface area contributed by atoms with E-state index in [1.807, 2.05) is 48.5 Å². The third-order valence-corrected chi connectivity index (χ3v) is 2.96. The Morgan fingerprint density at radius 2 is 1.35 bits per heavy atom. The van der Waals surface area contributed by atoms with Gasteiger partial charge in [0, 0.05) is 0 Å². The Morgan fingerprint density at radius 1 is 0.750 bits per heavy atom. The van der Waals surface area contributed by atoms with E-state index < -0.39 is 0 Å². The fourth-order valence-corrected chi connectivity index (χ4v) is 1.68. The molecule has 2 nitrogen and oxygen atoms in total. The maximum atomic E-state index is 8.51. The van der Waals surface area contributed by atoms with Crippen LogP contribution in [0.4, 0.5) is 0 Å². The molecule has 0 bridgehead atoms. The molecule has 0 aliphatic heterocycles. The monoisotopic (exact) mass is 262 g/mol. The van der Waals surface area contributed by atoms with E-state index in [0.29, 0.717) is 0 Å². The van der Waals surface area contributed by atoms with Gasteiger partial charge in [0.15, 0.2) is 0 Å². The largest absolute Gasteiger partial charge is 0.192 e. The van der Waals surface area contributed by atoms with Crippen molar-refractivity contribution in [2.75, 3.05) is 0 Å². The van der Waals surface area contributed by atoms with Crippen molar-refractivity contribution in [2.24, 2.45) is 0 Å². The fraction of sp³-hybridized carbons (Fsp3) is 0.222. The second-order valence-corrected chi connectivity index (χ2v) is 4.33. The molecule has 0 heterocycles. The van der Waals surface area contributed by atoms with E-state index in [0.717, 1.165) is 24.0 Å². The Morgan fingerprint density at radius 3 is 1.85 bits per heavy atom. The highest BCUT2D eigenvalue weighted by Crippen LogP contribution is 2.04. The summed E-state index contributed by atoms with van der Waals surface area (Å²) in [6, 6.07) is 19.5. The van der Waals surface area contributed by atoms with Crippen LogP contribution in [-0.2, 0) is 12.8 Å². The van der Waals surface area contributed by atoms with Crippen molar-refractivity contribution in [3.05, 3.63) is 70.8 Å². The first-order valence-corrected chi connectivity index (χ1v) is 6.71. The van der Waals surface area contributed by atoms with Crippen molar-refractivity contribution in [1.82, 2.24) is 0 Å². The first-order valence-electron chi connectivity index (χ1n) is 6.71. The predicted octanol–water partition coefficient (Wildman–Crippen LogP) is 4.24. The molecule has 2 aromatic rings. The van der Waals surface area contributed by atoms with Crippen LogP contribution in [0.5, 0.6) is 0 Å². The molecule has 0 N–H and O–H groups in total. The smallest absolute Gasteiger partial charge is 0.0991 e. The lowest BCUT2D eigenvalue weighted by Crippen LogP contribution is -1.80. The zero-order chi connectivity index (χ0) is 14.8. The topological polar surface area (TPSA) is 47.6 Å². The molecular formula is C18H18N2. The number of nitriles is 2. The average molecular weight is 262 g/mol. The summed E-state index contributed by atoms with van der Waals surface area (Å²) in [5.74, 6) is 0. The number of rotatable bonds is 2. The van der Waals surface area contributed by atoms with Gasteiger partial charge in [0.2, 0.25) is 0 Å². The van der Waals surface area contributed by atoms with Crippen molar-refractivity contribution in [1.29, 1.82) is 10.5 Å². The molecule has 0 amide bonds. The molecule has 0 fully saturated rings. The number of aryl methyl sites for hydroxylation is 2. The summed E-state index contributed by atoms with van der Waals surface area (Å²) < 4.78 is 0. The van der Waals surface area contributed by atoms with Gasteiger partial charge >= 0.3 is 0 Å². The number of hydrogen-bond acceptors (Lipinski definition) is 2. The Kier molecular flexibility index (Phi) is 6.59. The molecule has 20 heavy (non-hydrogen) atoms. The lowest BCUT2D eigenvalue weighted by molar-refractivity contribution is 1.14. The van der Waals surface area contributed by atoms with Gasteiger partial charge in [0.25, 0.3) is 0 Å². The van der Waals surface area contributed by atoms with E-state index in [1.54, 1.807) is 0 Å². The quantitative estimate of drug-likeness (QED) is 0.812. The van der Waals surface area contributed by atoms with Crippen LogP contribution in [-0.4, -0.2) is 0 Å². The lowest BCUT2D eigenvalue weighted by atomic mass is 10.1. The highest BCUT2D eigenvalue weighted by molar-refractivity contribution is 5.32. The van der Waals surface area contributed by atoms with Crippen LogP contribution < -0.4 is 0 Å². The van der Waals surface area contributed by atoms with Crippen molar-refractivity contribution in [3.8, 4) is 12.1 Å². The van der Waals surface area contributed by atoms with Crippen LogP contribution in [0, 0.1) is 22.7 Å². The van der Waals surface area contributed by atoms with Gasteiger partial charge in [0.1, 0.15) is 0 Å². The van der Waals surface area contributed by atoms with E-state index in [1.165, 1.54) is 11.1 Å². The normalized spacial score (nSPS) is 8.80. The minimum atomic E-state index is 0.734. The third kappa shape index (κ3) is 4.96. The third-order valence-electron chi connectivity index (χ3n) is 2.96. The SMILES string of the molecule is CCc1ccc(C#N)cc1.CCc1cccc(C#N)c1. The van der Waals surface area contributed by atoms with Crippen LogP contribution in [0.2, 0.25) is 0 Å². The minimum absolute atomic E-state index is 0.734. The van der Waals surface area contributed by atoms with Crippen molar-refractivity contribution in [3.63, 3.8) is 0 Å². The Hall–Kier alpha value is -2.58. The van der Waals surface area contributed by atoms with Gasteiger partial charge in [-0.3, -0.25) is 0 Å². The standard InChI is InChI=1S/2C9H9N/c1-2-8-3-5-9(7-10)6-4-8;1-2-8-4-3-5-9(6-8)7-10/h2*3-6H,2H2,1H3. The van der Waals surface area contributed by atoms with Gasteiger partial charge in [-0.1, -0.05) is 38.1 Å². The first-order chi connectivity index (χ1) is 9.73. The molecule has 0 aromatic heterocycles. The van der Waals surface area contributed by atoms with Crippen LogP contribution in [0.1, 0.15) is 36.1 Å². The van der Waals surface area contributed by atoms with Gasteiger partial charge in [-0.05, 0) is 48.2 Å². The summed E-state index contributed by atoms with van der Waals surface area (Å²) in [4.78, 5) is 0. The van der Waals surface area contributed by atoms with Gasteiger partial charge < -0.3 is 0 Å². The molecule has 0 atom stereocenters. The maximum Gasteiger partial charge on any atom is 0.0991 e. The lowest BCUT2D eigenvalue weighted by Gasteiger charge is -1.93. The van der Waals surface area contributed by atoms with E-state index in [2.05, 4.69) is 26.0 Å². The average Bonchev–Trinajstić information content (AvgIpc) is 2.55. The first kappa shape index (κ1) is 15.5. The second kappa shape index (κ2) is 8.51. The molecule has 0 aliphatic carbocycles. The molecule has 0 unspecified atom stereocenters. The molecule has 0 saturated carbocycles. The van der Waals surface area contributed by atoms with Crippen LogP contribution in [0.3, 0.4) is 0 Å². The Balaban J connectivity index is 0.000000200. The second-order valence-electron chi connectivity index (χ2n) is 4.33. The molecular weight excluding hydrogens is 244 g/mol. The zero-order valence-electron chi connectivity index (χ0n) is 11.9. The van der Waals surface area contributed by atoms with Crippen LogP contribution in [0.25, 0.3) is 0 Å². The summed E-state index contributed by atoms with van der Waals surface area (Å²) >= 11 is 0. The van der Waals surface area contributed by atoms with Gasteiger partial charge in [0.05, 0.1) is 23.3 Å². The van der Waals surface area contributed by atoms with E-state index in [-0.39, 0.29) is 0 Å². The van der Waals surface area contributed by atoms with E-state index in [4.69, 9.17) is 10.5 Å². The van der Waals surface area contributed by atoms with Crippen LogP contribution >= 0.6 is 0 Å². The Labute approximate surface area is 120 Å². The predicted molar refractivity (Wildman–Crippen MR) is 81.1 cm³/mol. The summed E-state index contributed by atoms with van der Waals surface area (Å²) in [6.45, 7) is 4.18. The number of hydrogen-bond donors (Lipinski definition) is 0. The summed E-state index contributed by atoms with van der Waals surface area (Å²) in [6.07, 6.45) is 2.03. The molecule has 0 aliphatic rings. The van der Waals surface area contributed by atoms with Crippen molar-refractivity contribution < 1.29 is 0 Å². The van der Waals surface area contributed by atoms with Crippen LogP contribution in [0.15, 0.2) is 48.5 Å². The van der Waals surface area contributed by atoms with Gasteiger partial charge in [-0.15, -0.1) is 0 Å². The Bertz CT molecular complexity index is 613. The maximum absolute atomic E-state index is 8.51. The highest BCUT2D eigenvalue weighted by atomic mass is 14.2. The molecule has 0 radical (unpaired) electrons. The molecule has 100 valence electrons. The molecule has 0 saturated heterocycles. The van der Waals surface area contributed by atoms with Crippen molar-refractivity contribution >= 4 is 0 Å². The molecule has 2 rings (SSSR count). The number of nitrogens with zero attached hydrogens (tertiary/aromatic N) is 2. The summed E-state index contributed by atoms with van der Waals surface area (Å²) in [5.41, 5.74) is 3.98. The van der Waals surface area contributed by atoms with E-state index in [9.17, 15) is 0 Å². The summed E-state index contributed by atoms with van der Waals surface area (Å²) in [5, 5.41) is 17.0. The molecule has 2 aromatic carbocycles. The fourth-order valence-electron chi connectivity index (χ4n) is 1.68. The number of benzene rings is 2. The highest BCUT2D eigenvalue weighted by Gasteiger charge is 1.90.